The Morgan fingerprint density at radius 2 is 2.22 bits per heavy atom. The molecule has 0 aromatic heterocycles. The van der Waals surface area contributed by atoms with E-state index < -0.39 is 0 Å². The van der Waals surface area contributed by atoms with E-state index in [1.807, 2.05) is 6.92 Å². The second-order valence-electron chi connectivity index (χ2n) is 5.88. The van der Waals surface area contributed by atoms with E-state index in [-0.39, 0.29) is 18.7 Å². The fraction of sp³-hybridized carbons (Fsp3) is 0.929. The maximum Gasteiger partial charge on any atom is 0.317 e. The highest BCUT2D eigenvalue weighted by molar-refractivity contribution is 5.74. The highest BCUT2D eigenvalue weighted by Gasteiger charge is 2.42. The van der Waals surface area contributed by atoms with Crippen LogP contribution in [0, 0.1) is 17.8 Å². The first-order chi connectivity index (χ1) is 8.65. The van der Waals surface area contributed by atoms with Crippen molar-refractivity contribution >= 4 is 6.03 Å². The van der Waals surface area contributed by atoms with Crippen LogP contribution in [0.1, 0.15) is 39.5 Å². The largest absolute Gasteiger partial charge is 0.395 e. The third kappa shape index (κ3) is 2.79. The molecule has 2 aliphatic rings. The summed E-state index contributed by atoms with van der Waals surface area (Å²) >= 11 is 0. The molecule has 2 saturated carbocycles. The number of fused-ring (bicyclic) bond motifs is 2. The molecule has 2 N–H and O–H groups in total. The summed E-state index contributed by atoms with van der Waals surface area (Å²) in [6.45, 7) is 5.18. The Morgan fingerprint density at radius 1 is 1.44 bits per heavy atom. The molecule has 0 aromatic carbocycles. The molecule has 0 spiro atoms. The van der Waals surface area contributed by atoms with E-state index in [9.17, 15) is 4.79 Å². The highest BCUT2D eigenvalue weighted by atomic mass is 16.3. The van der Waals surface area contributed by atoms with E-state index in [2.05, 4.69) is 12.2 Å². The Hall–Kier alpha value is -0.770. The topological polar surface area (TPSA) is 52.6 Å². The van der Waals surface area contributed by atoms with Gasteiger partial charge in [0.1, 0.15) is 0 Å². The van der Waals surface area contributed by atoms with E-state index in [4.69, 9.17) is 5.11 Å². The molecule has 2 amide bonds. The van der Waals surface area contributed by atoms with Gasteiger partial charge in [0.25, 0.3) is 0 Å². The minimum atomic E-state index is -0.0261. The predicted octanol–water partition coefficient (Wildman–Crippen LogP) is 1.83. The first kappa shape index (κ1) is 13.7. The average molecular weight is 254 g/mol. The molecule has 0 radical (unpaired) electrons. The van der Waals surface area contributed by atoms with Crippen LogP contribution in [0.4, 0.5) is 4.79 Å². The molecule has 2 aliphatic carbocycles. The van der Waals surface area contributed by atoms with E-state index >= 15 is 0 Å². The lowest BCUT2D eigenvalue weighted by molar-refractivity contribution is 0.169. The van der Waals surface area contributed by atoms with Gasteiger partial charge in [-0.3, -0.25) is 0 Å². The number of carbonyl (C=O) groups is 1. The zero-order chi connectivity index (χ0) is 13.1. The summed E-state index contributed by atoms with van der Waals surface area (Å²) in [5.74, 6) is 2.41. The Kier molecular flexibility index (Phi) is 4.49. The summed E-state index contributed by atoms with van der Waals surface area (Å²) in [6.07, 6.45) is 5.41. The number of hydrogen-bond acceptors (Lipinski definition) is 2. The van der Waals surface area contributed by atoms with Gasteiger partial charge in [0.05, 0.1) is 6.61 Å². The molecule has 104 valence electrons. The van der Waals surface area contributed by atoms with Crippen LogP contribution in [0.3, 0.4) is 0 Å². The van der Waals surface area contributed by atoms with Crippen LogP contribution in [-0.2, 0) is 0 Å². The number of nitrogens with zero attached hydrogens (tertiary/aromatic N) is 1. The molecule has 0 aliphatic heterocycles. The minimum absolute atomic E-state index is 0.0261. The smallest absolute Gasteiger partial charge is 0.317 e. The van der Waals surface area contributed by atoms with Crippen molar-refractivity contribution in [2.75, 3.05) is 19.7 Å². The van der Waals surface area contributed by atoms with Crippen molar-refractivity contribution in [2.45, 2.75) is 45.6 Å². The molecule has 0 saturated heterocycles. The number of hydrogen-bond donors (Lipinski definition) is 2. The molecule has 4 nitrogen and oxygen atoms in total. The lowest BCUT2D eigenvalue weighted by Gasteiger charge is -2.30. The summed E-state index contributed by atoms with van der Waals surface area (Å²) in [4.78, 5) is 13.7. The summed E-state index contributed by atoms with van der Waals surface area (Å²) < 4.78 is 0. The van der Waals surface area contributed by atoms with E-state index in [0.29, 0.717) is 19.0 Å². The number of nitrogens with one attached hydrogen (secondary N) is 1. The van der Waals surface area contributed by atoms with Gasteiger partial charge in [-0.15, -0.1) is 0 Å². The standard InChI is InChI=1S/C14H26N2O2/c1-3-16(6-7-17)14(18)15-10(2)13-9-11-4-5-12(13)8-11/h10-13,17H,3-9H2,1-2H3,(H,15,18). The van der Waals surface area contributed by atoms with Crippen LogP contribution in [0.15, 0.2) is 0 Å². The molecule has 0 heterocycles. The lowest BCUT2D eigenvalue weighted by Crippen LogP contribution is -2.48. The van der Waals surface area contributed by atoms with Crippen molar-refractivity contribution in [3.05, 3.63) is 0 Å². The molecule has 18 heavy (non-hydrogen) atoms. The maximum absolute atomic E-state index is 12.0. The van der Waals surface area contributed by atoms with Gasteiger partial charge in [0, 0.05) is 19.1 Å². The third-order valence-electron chi connectivity index (χ3n) is 4.83. The number of aliphatic hydroxyl groups excluding tert-OH is 1. The second kappa shape index (κ2) is 5.91. The van der Waals surface area contributed by atoms with Gasteiger partial charge < -0.3 is 15.3 Å². The molecule has 4 heteroatoms. The maximum atomic E-state index is 12.0. The van der Waals surface area contributed by atoms with E-state index in [0.717, 1.165) is 11.8 Å². The van der Waals surface area contributed by atoms with Gasteiger partial charge in [0.2, 0.25) is 0 Å². The van der Waals surface area contributed by atoms with Crippen molar-refractivity contribution in [1.29, 1.82) is 0 Å². The molecule has 0 aromatic rings. The first-order valence-corrected chi connectivity index (χ1v) is 7.32. The SMILES string of the molecule is CCN(CCO)C(=O)NC(C)C1CC2CCC1C2. The monoisotopic (exact) mass is 254 g/mol. The predicted molar refractivity (Wildman–Crippen MR) is 71.3 cm³/mol. The molecule has 2 fully saturated rings. The molecular formula is C14H26N2O2. The van der Waals surface area contributed by atoms with E-state index in [1.165, 1.54) is 25.7 Å². The first-order valence-electron chi connectivity index (χ1n) is 7.32. The highest BCUT2D eigenvalue weighted by Crippen LogP contribution is 2.49. The fourth-order valence-corrected chi connectivity index (χ4v) is 3.82. The minimum Gasteiger partial charge on any atom is -0.395 e. The van der Waals surface area contributed by atoms with Crippen LogP contribution in [-0.4, -0.2) is 41.8 Å². The van der Waals surface area contributed by atoms with Gasteiger partial charge in [-0.1, -0.05) is 6.42 Å². The zero-order valence-corrected chi connectivity index (χ0v) is 11.6. The van der Waals surface area contributed by atoms with Crippen molar-refractivity contribution < 1.29 is 9.90 Å². The summed E-state index contributed by atoms with van der Waals surface area (Å²) in [6, 6.07) is 0.238. The molecule has 4 atom stereocenters. The van der Waals surface area contributed by atoms with E-state index in [1.54, 1.807) is 4.90 Å². The van der Waals surface area contributed by atoms with Crippen molar-refractivity contribution in [3.63, 3.8) is 0 Å². The van der Waals surface area contributed by atoms with Gasteiger partial charge in [-0.05, 0) is 50.9 Å². The Morgan fingerprint density at radius 3 is 2.72 bits per heavy atom. The van der Waals surface area contributed by atoms with Gasteiger partial charge in [0.15, 0.2) is 0 Å². The van der Waals surface area contributed by atoms with Crippen molar-refractivity contribution in [1.82, 2.24) is 10.2 Å². The normalized spacial score (nSPS) is 31.4. The quantitative estimate of drug-likeness (QED) is 0.786. The number of aliphatic hydroxyl groups is 1. The van der Waals surface area contributed by atoms with Gasteiger partial charge in [-0.25, -0.2) is 4.79 Å². The number of urea groups is 1. The zero-order valence-electron chi connectivity index (χ0n) is 11.6. The van der Waals surface area contributed by atoms with Crippen molar-refractivity contribution in [2.24, 2.45) is 17.8 Å². The fourth-order valence-electron chi connectivity index (χ4n) is 3.82. The molecular weight excluding hydrogens is 228 g/mol. The third-order valence-corrected chi connectivity index (χ3v) is 4.83. The Balaban J connectivity index is 1.83. The number of rotatable bonds is 5. The van der Waals surface area contributed by atoms with Crippen LogP contribution in [0.2, 0.25) is 0 Å². The molecule has 4 unspecified atom stereocenters. The molecule has 2 rings (SSSR count). The van der Waals surface area contributed by atoms with Crippen LogP contribution in [0.5, 0.6) is 0 Å². The van der Waals surface area contributed by atoms with Gasteiger partial charge in [-0.2, -0.15) is 0 Å². The Labute approximate surface area is 110 Å². The van der Waals surface area contributed by atoms with Crippen LogP contribution in [0.25, 0.3) is 0 Å². The number of likely N-dealkylation sites (N-methyl/N-ethyl adjacent to an activating group) is 1. The van der Waals surface area contributed by atoms with Crippen LogP contribution < -0.4 is 5.32 Å². The number of carbonyl (C=O) groups excluding carboxylic acids is 1. The average Bonchev–Trinajstić information content (AvgIpc) is 2.97. The summed E-state index contributed by atoms with van der Waals surface area (Å²) in [7, 11) is 0. The summed E-state index contributed by atoms with van der Waals surface area (Å²) in [5.41, 5.74) is 0. The summed E-state index contributed by atoms with van der Waals surface area (Å²) in [5, 5.41) is 12.0. The van der Waals surface area contributed by atoms with Crippen molar-refractivity contribution in [3.8, 4) is 0 Å². The lowest BCUT2D eigenvalue weighted by atomic mass is 9.84. The van der Waals surface area contributed by atoms with Crippen LogP contribution >= 0.6 is 0 Å². The number of amides is 2. The molecule has 2 bridgehead atoms. The van der Waals surface area contributed by atoms with Gasteiger partial charge >= 0.3 is 6.03 Å². The second-order valence-corrected chi connectivity index (χ2v) is 5.88. The Bertz CT molecular complexity index is 296.